The van der Waals surface area contributed by atoms with Gasteiger partial charge in [0, 0.05) is 0 Å². The fraction of sp³-hybridized carbons (Fsp3) is 1.00. The van der Waals surface area contributed by atoms with E-state index in [0.29, 0.717) is 0 Å². The van der Waals surface area contributed by atoms with Gasteiger partial charge in [-0.1, -0.05) is 66.2 Å². The SMILES string of the molecule is CCCCC(CC)CNCC(CC)CCCC.[O]=[Mo](=[O])([OH])[OH]. The van der Waals surface area contributed by atoms with E-state index in [1.54, 1.807) is 0 Å². The topological polar surface area (TPSA) is 86.6 Å². The van der Waals surface area contributed by atoms with E-state index in [-0.39, 0.29) is 0 Å². The Morgan fingerprint density at radius 1 is 0.818 bits per heavy atom. The number of hydrogen-bond donors (Lipinski definition) is 3. The van der Waals surface area contributed by atoms with Crippen LogP contribution >= 0.6 is 0 Å². The first-order valence-corrected chi connectivity index (χ1v) is 12.1. The van der Waals surface area contributed by atoms with Crippen LogP contribution in [0, 0.1) is 11.8 Å². The summed E-state index contributed by atoms with van der Waals surface area (Å²) in [6.45, 7) is 11.7. The van der Waals surface area contributed by atoms with Crippen LogP contribution in [0.3, 0.4) is 0 Å². The molecule has 0 aromatic rings. The molecule has 5 nitrogen and oxygen atoms in total. The first kappa shape index (κ1) is 24.4. The molecule has 0 amide bonds. The van der Waals surface area contributed by atoms with Gasteiger partial charge in [-0.25, -0.2) is 0 Å². The van der Waals surface area contributed by atoms with Crippen molar-refractivity contribution in [1.82, 2.24) is 5.32 Å². The predicted octanol–water partition coefficient (Wildman–Crippen LogP) is 3.65. The van der Waals surface area contributed by atoms with Crippen molar-refractivity contribution < 1.29 is 31.1 Å². The van der Waals surface area contributed by atoms with Crippen LogP contribution in [0.2, 0.25) is 0 Å². The van der Waals surface area contributed by atoms with E-state index in [4.69, 9.17) is 14.3 Å². The first-order valence-electron chi connectivity index (χ1n) is 8.68. The van der Waals surface area contributed by atoms with Gasteiger partial charge in [-0.15, -0.1) is 0 Å². The van der Waals surface area contributed by atoms with Crippen molar-refractivity contribution in [3.63, 3.8) is 0 Å². The molecule has 0 saturated heterocycles. The zero-order valence-corrected chi connectivity index (χ0v) is 16.9. The Balaban J connectivity index is 0. The quantitative estimate of drug-likeness (QED) is 0.433. The summed E-state index contributed by atoms with van der Waals surface area (Å²) < 4.78 is 32.0. The Labute approximate surface area is 140 Å². The van der Waals surface area contributed by atoms with Crippen molar-refractivity contribution in [2.45, 2.75) is 79.1 Å². The summed E-state index contributed by atoms with van der Waals surface area (Å²) in [6, 6.07) is 0. The van der Waals surface area contributed by atoms with Gasteiger partial charge in [0.15, 0.2) is 0 Å². The molecule has 6 heteroatoms. The van der Waals surface area contributed by atoms with Gasteiger partial charge in [0.2, 0.25) is 0 Å². The van der Waals surface area contributed by atoms with E-state index in [9.17, 15) is 0 Å². The zero-order valence-electron chi connectivity index (χ0n) is 14.8. The average molecular weight is 403 g/mol. The summed E-state index contributed by atoms with van der Waals surface area (Å²) >= 11 is -5.52. The first-order chi connectivity index (χ1) is 10.3. The van der Waals surface area contributed by atoms with Crippen LogP contribution in [0.4, 0.5) is 0 Å². The van der Waals surface area contributed by atoms with Crippen molar-refractivity contribution in [2.24, 2.45) is 11.8 Å². The van der Waals surface area contributed by atoms with E-state index >= 15 is 0 Å². The monoisotopic (exact) mass is 405 g/mol. The maximum atomic E-state index is 8.85. The molecule has 0 aliphatic heterocycles. The van der Waals surface area contributed by atoms with Gasteiger partial charge in [0.05, 0.1) is 0 Å². The number of unbranched alkanes of at least 4 members (excludes halogenated alkanes) is 2. The summed E-state index contributed by atoms with van der Waals surface area (Å²) in [7, 11) is 0. The van der Waals surface area contributed by atoms with Crippen LogP contribution in [-0.4, -0.2) is 20.6 Å². The third kappa shape index (κ3) is 22.4. The van der Waals surface area contributed by atoms with Gasteiger partial charge in [-0.3, -0.25) is 0 Å². The normalized spacial score (nSPS) is 14.1. The third-order valence-corrected chi connectivity index (χ3v) is 3.95. The number of hydrogen-bond acceptors (Lipinski definition) is 3. The van der Waals surface area contributed by atoms with E-state index in [2.05, 4.69) is 33.0 Å². The standard InChI is InChI=1S/C16H35N.Mo.2H2O.2O/c1-5-9-11-15(7-3)13-17-14-16(8-4)12-10-6-2;;;;;/h15-17H,5-14H2,1-4H3;;2*1H2;;/q;+2;;;;/p-2. The molecule has 22 heavy (non-hydrogen) atoms. The van der Waals surface area contributed by atoms with Crippen LogP contribution < -0.4 is 5.32 Å². The molecule has 0 heterocycles. The third-order valence-electron chi connectivity index (χ3n) is 3.95. The van der Waals surface area contributed by atoms with Gasteiger partial charge in [-0.2, -0.15) is 0 Å². The fourth-order valence-electron chi connectivity index (χ4n) is 2.38. The van der Waals surface area contributed by atoms with Gasteiger partial charge >= 0.3 is 31.1 Å². The molecule has 0 aromatic carbocycles. The molecular weight excluding hydrogens is 366 g/mol. The molecule has 0 aromatic heterocycles. The summed E-state index contributed by atoms with van der Waals surface area (Å²) in [5.41, 5.74) is 0. The van der Waals surface area contributed by atoms with Crippen molar-refractivity contribution in [1.29, 1.82) is 0 Å². The van der Waals surface area contributed by atoms with E-state index in [1.807, 2.05) is 0 Å². The molecule has 2 atom stereocenters. The second kappa shape index (κ2) is 16.0. The minimum absolute atomic E-state index is 0.902. The van der Waals surface area contributed by atoms with Gasteiger partial charge in [0.1, 0.15) is 0 Å². The second-order valence-electron chi connectivity index (χ2n) is 5.94. The predicted molar refractivity (Wildman–Crippen MR) is 85.3 cm³/mol. The molecule has 0 aliphatic carbocycles. The molecule has 2 unspecified atom stereocenters. The molecule has 0 spiro atoms. The van der Waals surface area contributed by atoms with Crippen molar-refractivity contribution in [3.05, 3.63) is 0 Å². The van der Waals surface area contributed by atoms with Crippen LogP contribution in [-0.2, 0) is 23.5 Å². The Bertz CT molecular complexity index is 296. The number of nitrogens with one attached hydrogen (secondary N) is 1. The summed E-state index contributed by atoms with van der Waals surface area (Å²) in [4.78, 5) is 0. The van der Waals surface area contributed by atoms with Crippen molar-refractivity contribution in [3.8, 4) is 0 Å². The Morgan fingerprint density at radius 3 is 1.36 bits per heavy atom. The molecule has 0 bridgehead atoms. The van der Waals surface area contributed by atoms with E-state index < -0.39 is 16.7 Å². The Morgan fingerprint density at radius 2 is 1.14 bits per heavy atom. The van der Waals surface area contributed by atoms with Crippen molar-refractivity contribution >= 4 is 0 Å². The average Bonchev–Trinajstić information content (AvgIpc) is 2.44. The molecule has 0 rings (SSSR count). The molecular formula is C16H37MoNO4. The summed E-state index contributed by atoms with van der Waals surface area (Å²) in [6.07, 6.45) is 10.9. The fourth-order valence-corrected chi connectivity index (χ4v) is 2.38. The molecule has 0 saturated carbocycles. The van der Waals surface area contributed by atoms with Crippen LogP contribution in [0.25, 0.3) is 0 Å². The van der Waals surface area contributed by atoms with Gasteiger partial charge in [0.25, 0.3) is 0 Å². The molecule has 136 valence electrons. The van der Waals surface area contributed by atoms with Gasteiger partial charge in [-0.05, 0) is 37.8 Å². The Hall–Kier alpha value is 0.168. The Kier molecular flexibility index (Phi) is 17.8. The minimum atomic E-state index is -5.52. The molecule has 0 fully saturated rings. The molecule has 0 aliphatic rings. The molecule has 0 radical (unpaired) electrons. The van der Waals surface area contributed by atoms with Crippen LogP contribution in [0.15, 0.2) is 0 Å². The van der Waals surface area contributed by atoms with E-state index in [1.165, 1.54) is 64.5 Å². The van der Waals surface area contributed by atoms with Gasteiger partial charge < -0.3 is 5.32 Å². The van der Waals surface area contributed by atoms with E-state index in [0.717, 1.165) is 11.8 Å². The molecule has 3 N–H and O–H groups in total. The summed E-state index contributed by atoms with van der Waals surface area (Å²) in [5, 5.41) is 3.71. The summed E-state index contributed by atoms with van der Waals surface area (Å²) in [5.74, 6) is 1.80. The zero-order chi connectivity index (χ0) is 17.4. The maximum absolute atomic E-state index is 8.85. The van der Waals surface area contributed by atoms with Crippen LogP contribution in [0.5, 0.6) is 0 Å². The van der Waals surface area contributed by atoms with Crippen molar-refractivity contribution in [2.75, 3.05) is 13.1 Å². The van der Waals surface area contributed by atoms with Crippen LogP contribution in [0.1, 0.15) is 79.1 Å². The second-order valence-corrected chi connectivity index (χ2v) is 8.14. The number of rotatable bonds is 12.